The van der Waals surface area contributed by atoms with Crippen molar-refractivity contribution in [1.29, 1.82) is 0 Å². The summed E-state index contributed by atoms with van der Waals surface area (Å²) in [5.74, 6) is 0.0727. The van der Waals surface area contributed by atoms with Crippen molar-refractivity contribution in [2.24, 2.45) is 17.8 Å². The van der Waals surface area contributed by atoms with Gasteiger partial charge in [-0.15, -0.1) is 0 Å². The number of carbonyl (C=O) groups excluding carboxylic acids is 2. The molecule has 0 heterocycles. The lowest BCUT2D eigenvalue weighted by molar-refractivity contribution is -0.109. The molecule has 0 bridgehead atoms. The van der Waals surface area contributed by atoms with Crippen molar-refractivity contribution < 1.29 is 14.3 Å². The number of hydrogen-bond acceptors (Lipinski definition) is 3. The third-order valence-electron chi connectivity index (χ3n) is 6.18. The van der Waals surface area contributed by atoms with Crippen molar-refractivity contribution in [2.45, 2.75) is 40.2 Å². The van der Waals surface area contributed by atoms with E-state index >= 15 is 0 Å². The monoisotopic (exact) mass is 460 g/mol. The van der Waals surface area contributed by atoms with Crippen molar-refractivity contribution in [3.8, 4) is 0 Å². The summed E-state index contributed by atoms with van der Waals surface area (Å²) < 4.78 is 6.15. The summed E-state index contributed by atoms with van der Waals surface area (Å²) in [5.41, 5.74) is 0.609. The summed E-state index contributed by atoms with van der Waals surface area (Å²) in [6.45, 7) is 8.24. The first kappa shape index (κ1) is 24.9. The third kappa shape index (κ3) is 6.18. The first-order valence-corrected chi connectivity index (χ1v) is 12.9. The summed E-state index contributed by atoms with van der Waals surface area (Å²) in [7, 11) is -0.920. The molecule has 0 aromatic heterocycles. The van der Waals surface area contributed by atoms with Gasteiger partial charge in [-0.1, -0.05) is 107 Å². The summed E-state index contributed by atoms with van der Waals surface area (Å²) in [4.78, 5) is 24.6. The second kappa shape index (κ2) is 11.9. The van der Waals surface area contributed by atoms with Crippen LogP contribution < -0.4 is 15.9 Å². The van der Waals surface area contributed by atoms with Crippen LogP contribution in [0.2, 0.25) is 0 Å². The fourth-order valence-electron chi connectivity index (χ4n) is 4.15. The lowest BCUT2D eigenvalue weighted by Gasteiger charge is -2.31. The van der Waals surface area contributed by atoms with Gasteiger partial charge in [0, 0.05) is 6.42 Å². The minimum atomic E-state index is -0.920. The Morgan fingerprint density at radius 1 is 0.818 bits per heavy atom. The van der Waals surface area contributed by atoms with Crippen LogP contribution in [0.15, 0.2) is 84.9 Å². The first-order valence-electron chi connectivity index (χ1n) is 11.6. The van der Waals surface area contributed by atoms with Crippen LogP contribution in [0, 0.1) is 17.8 Å². The van der Waals surface area contributed by atoms with Crippen LogP contribution in [0.1, 0.15) is 44.5 Å². The SMILES string of the molecule is CC(CC=O)[C@@H](C)[C@H](OC(=O)c1ccccc1P(c1ccccc1)c1ccccc1)C(C)C. The van der Waals surface area contributed by atoms with Crippen LogP contribution in [0.25, 0.3) is 0 Å². The minimum Gasteiger partial charge on any atom is -0.458 e. The molecule has 0 radical (unpaired) electrons. The Hall–Kier alpha value is -2.77. The van der Waals surface area contributed by atoms with Gasteiger partial charge in [-0.2, -0.15) is 0 Å². The zero-order valence-corrected chi connectivity index (χ0v) is 20.7. The number of aldehydes is 1. The third-order valence-corrected chi connectivity index (χ3v) is 8.68. The predicted molar refractivity (Wildman–Crippen MR) is 138 cm³/mol. The van der Waals surface area contributed by atoms with Crippen molar-refractivity contribution in [3.05, 3.63) is 90.5 Å². The Balaban J connectivity index is 2.00. The molecule has 3 atom stereocenters. The second-order valence-electron chi connectivity index (χ2n) is 8.88. The number of ether oxygens (including phenoxy) is 1. The van der Waals surface area contributed by atoms with Gasteiger partial charge in [0.25, 0.3) is 0 Å². The molecule has 3 aromatic carbocycles. The molecule has 0 saturated heterocycles. The minimum absolute atomic E-state index is 0.0797. The average Bonchev–Trinajstić information content (AvgIpc) is 2.84. The number of rotatable bonds is 10. The van der Waals surface area contributed by atoms with Crippen LogP contribution in [-0.4, -0.2) is 18.4 Å². The lowest BCUT2D eigenvalue weighted by atomic mass is 9.83. The molecule has 0 fully saturated rings. The van der Waals surface area contributed by atoms with E-state index in [1.165, 1.54) is 10.6 Å². The highest BCUT2D eigenvalue weighted by atomic mass is 31.1. The van der Waals surface area contributed by atoms with E-state index in [0.717, 1.165) is 11.6 Å². The van der Waals surface area contributed by atoms with Crippen LogP contribution >= 0.6 is 7.92 Å². The maximum Gasteiger partial charge on any atom is 0.339 e. The van der Waals surface area contributed by atoms with Gasteiger partial charge in [-0.05, 0) is 47.7 Å². The Bertz CT molecular complexity index is 994. The second-order valence-corrected chi connectivity index (χ2v) is 11.1. The van der Waals surface area contributed by atoms with Gasteiger partial charge in [0.2, 0.25) is 0 Å². The molecule has 3 aromatic rings. The highest BCUT2D eigenvalue weighted by Crippen LogP contribution is 2.35. The maximum absolute atomic E-state index is 13.6. The van der Waals surface area contributed by atoms with Crippen LogP contribution in [0.4, 0.5) is 0 Å². The first-order chi connectivity index (χ1) is 15.9. The van der Waals surface area contributed by atoms with Gasteiger partial charge in [0.15, 0.2) is 0 Å². The largest absolute Gasteiger partial charge is 0.458 e. The molecular formula is C29H33O3P. The van der Waals surface area contributed by atoms with Crippen molar-refractivity contribution in [3.63, 3.8) is 0 Å². The van der Waals surface area contributed by atoms with E-state index in [2.05, 4.69) is 45.0 Å². The molecular weight excluding hydrogens is 427 g/mol. The van der Waals surface area contributed by atoms with E-state index in [4.69, 9.17) is 4.74 Å². The number of benzene rings is 3. The average molecular weight is 461 g/mol. The van der Waals surface area contributed by atoms with Gasteiger partial charge in [-0.25, -0.2) is 4.79 Å². The van der Waals surface area contributed by atoms with Crippen LogP contribution in [0.5, 0.6) is 0 Å². The van der Waals surface area contributed by atoms with E-state index in [1.54, 1.807) is 0 Å². The van der Waals surface area contributed by atoms with Gasteiger partial charge < -0.3 is 9.53 Å². The number of esters is 1. The highest BCUT2D eigenvalue weighted by Gasteiger charge is 2.31. The normalized spacial score (nSPS) is 14.0. The van der Waals surface area contributed by atoms with E-state index < -0.39 is 7.92 Å². The molecule has 0 amide bonds. The molecule has 4 heteroatoms. The topological polar surface area (TPSA) is 43.4 Å². The summed E-state index contributed by atoms with van der Waals surface area (Å²) in [5, 5.41) is 3.37. The van der Waals surface area contributed by atoms with Crippen LogP contribution in [0.3, 0.4) is 0 Å². The summed E-state index contributed by atoms with van der Waals surface area (Å²) in [6.07, 6.45) is 1.15. The van der Waals surface area contributed by atoms with Gasteiger partial charge in [0.05, 0.1) is 5.56 Å². The lowest BCUT2D eigenvalue weighted by Crippen LogP contribution is -2.35. The quantitative estimate of drug-likeness (QED) is 0.228. The highest BCUT2D eigenvalue weighted by molar-refractivity contribution is 7.80. The molecule has 0 saturated carbocycles. The maximum atomic E-state index is 13.6. The van der Waals surface area contributed by atoms with E-state index in [-0.39, 0.29) is 29.8 Å². The summed E-state index contributed by atoms with van der Waals surface area (Å²) >= 11 is 0. The smallest absolute Gasteiger partial charge is 0.339 e. The Morgan fingerprint density at radius 3 is 1.85 bits per heavy atom. The molecule has 0 spiro atoms. The van der Waals surface area contributed by atoms with E-state index in [0.29, 0.717) is 12.0 Å². The summed E-state index contributed by atoms with van der Waals surface area (Å²) in [6, 6.07) is 28.5. The van der Waals surface area contributed by atoms with Crippen molar-refractivity contribution >= 4 is 36.1 Å². The van der Waals surface area contributed by atoms with Gasteiger partial charge in [-0.3, -0.25) is 0 Å². The molecule has 172 valence electrons. The molecule has 3 nitrogen and oxygen atoms in total. The molecule has 0 aliphatic rings. The van der Waals surface area contributed by atoms with Gasteiger partial charge in [0.1, 0.15) is 12.4 Å². The fourth-order valence-corrected chi connectivity index (χ4v) is 6.59. The van der Waals surface area contributed by atoms with Crippen molar-refractivity contribution in [2.75, 3.05) is 0 Å². The Kier molecular flexibility index (Phi) is 8.97. The molecule has 3 rings (SSSR count). The zero-order valence-electron chi connectivity index (χ0n) is 19.8. The standard InChI is InChI=1S/C29H33O3P/c1-21(2)28(23(4)22(3)19-20-30)32-29(31)26-17-11-12-18-27(26)33(24-13-7-5-8-14-24)25-15-9-6-10-16-25/h5-18,20-23,28H,19H2,1-4H3/t22?,23-,28-/m1/s1. The molecule has 33 heavy (non-hydrogen) atoms. The fraction of sp³-hybridized carbons (Fsp3) is 0.310. The van der Waals surface area contributed by atoms with Crippen molar-refractivity contribution in [1.82, 2.24) is 0 Å². The van der Waals surface area contributed by atoms with E-state index in [1.807, 2.05) is 67.6 Å². The van der Waals surface area contributed by atoms with Crippen LogP contribution in [-0.2, 0) is 9.53 Å². The molecule has 0 aliphatic carbocycles. The Labute approximate surface area is 198 Å². The van der Waals surface area contributed by atoms with E-state index in [9.17, 15) is 9.59 Å². The number of hydrogen-bond donors (Lipinski definition) is 0. The molecule has 0 aliphatic heterocycles. The zero-order chi connectivity index (χ0) is 23.8. The molecule has 0 N–H and O–H groups in total. The predicted octanol–water partition coefficient (Wildman–Crippen LogP) is 5.49. The Morgan fingerprint density at radius 2 is 1.33 bits per heavy atom. The number of carbonyl (C=O) groups is 2. The van der Waals surface area contributed by atoms with Gasteiger partial charge >= 0.3 is 5.97 Å². The molecule has 1 unspecified atom stereocenters.